The number of aliphatic hydroxyl groups excluding tert-OH is 1. The van der Waals surface area contributed by atoms with Gasteiger partial charge in [-0.15, -0.1) is 0 Å². The molecule has 3 N–H and O–H groups in total. The Hall–Kier alpha value is -1.94. The summed E-state index contributed by atoms with van der Waals surface area (Å²) in [6.45, 7) is 13.9. The summed E-state index contributed by atoms with van der Waals surface area (Å²) in [6.07, 6.45) is 35.1. The fraction of sp³-hybridized carbons (Fsp3) is 0.938. The molecule has 0 bridgehead atoms. The Morgan fingerprint density at radius 2 is 0.500 bits per heavy atom. The molecule has 0 rings (SSSR count). The average molecular weight is 1240 g/mol. The van der Waals surface area contributed by atoms with Crippen LogP contribution in [0.5, 0.6) is 0 Å². The van der Waals surface area contributed by atoms with Crippen LogP contribution in [-0.4, -0.2) is 96.7 Å². The van der Waals surface area contributed by atoms with Gasteiger partial charge < -0.3 is 33.8 Å². The molecular formula is C65H126O17P2. The summed E-state index contributed by atoms with van der Waals surface area (Å²) >= 11 is 0. The molecule has 0 heterocycles. The van der Waals surface area contributed by atoms with Crippen molar-refractivity contribution < 1.29 is 80.2 Å². The second kappa shape index (κ2) is 55.2. The van der Waals surface area contributed by atoms with E-state index >= 15 is 0 Å². The Labute approximate surface area is 511 Å². The van der Waals surface area contributed by atoms with Gasteiger partial charge in [-0.2, -0.15) is 0 Å². The van der Waals surface area contributed by atoms with Gasteiger partial charge in [-0.25, -0.2) is 9.13 Å². The monoisotopic (exact) mass is 1240 g/mol. The highest BCUT2D eigenvalue weighted by Gasteiger charge is 2.30. The fourth-order valence-electron chi connectivity index (χ4n) is 9.61. The minimum atomic E-state index is -4.95. The molecule has 17 nitrogen and oxygen atoms in total. The predicted octanol–water partition coefficient (Wildman–Crippen LogP) is 17.8. The van der Waals surface area contributed by atoms with Gasteiger partial charge in [0.25, 0.3) is 0 Å². The number of esters is 4. The maximum atomic E-state index is 13.0. The van der Waals surface area contributed by atoms with Gasteiger partial charge in [0.2, 0.25) is 0 Å². The number of carbonyl (C=O) groups excluding carboxylic acids is 4. The highest BCUT2D eigenvalue weighted by atomic mass is 31.2. The van der Waals surface area contributed by atoms with Crippen LogP contribution < -0.4 is 0 Å². The van der Waals surface area contributed by atoms with Crippen molar-refractivity contribution in [1.29, 1.82) is 0 Å². The quantitative estimate of drug-likeness (QED) is 0.0222. The van der Waals surface area contributed by atoms with Crippen LogP contribution in [0.25, 0.3) is 0 Å². The molecule has 0 aromatic heterocycles. The first-order chi connectivity index (χ1) is 40.1. The molecule has 0 aromatic carbocycles. The first-order valence-electron chi connectivity index (χ1n) is 33.7. The molecule has 0 aromatic rings. The van der Waals surface area contributed by atoms with Crippen LogP contribution in [0.2, 0.25) is 0 Å². The Morgan fingerprint density at radius 1 is 0.298 bits per heavy atom. The van der Waals surface area contributed by atoms with E-state index in [-0.39, 0.29) is 25.7 Å². The zero-order chi connectivity index (χ0) is 62.5. The van der Waals surface area contributed by atoms with E-state index in [4.69, 9.17) is 37.0 Å². The number of ether oxygens (including phenoxy) is 4. The third-order valence-corrected chi connectivity index (χ3v) is 16.7. The standard InChI is InChI=1S/C65H126O17P2/c1-55(2)41-33-25-17-11-9-13-20-29-37-45-62(67)75-51-60(81-64(69)47-39-31-22-14-10-12-18-26-34-42-56(3)4)53-79-83(71,72)77-49-59(66)50-78-84(73,74)80-54-61(82-65(70)48-40-32-24-23-28-36-44-58(7)8)52-76-63(68)46-38-30-21-16-15-19-27-35-43-57(5)6/h55-61,66H,9-54H2,1-8H3,(H,71,72)(H,73,74)/t59?,60-,61-/m1/s1. The van der Waals surface area contributed by atoms with Crippen LogP contribution in [0.1, 0.15) is 312 Å². The van der Waals surface area contributed by atoms with Crippen molar-refractivity contribution in [1.82, 2.24) is 0 Å². The molecule has 0 aliphatic heterocycles. The van der Waals surface area contributed by atoms with Gasteiger partial charge in [-0.1, -0.05) is 261 Å². The number of hydrogen-bond donors (Lipinski definition) is 3. The zero-order valence-corrected chi connectivity index (χ0v) is 56.3. The van der Waals surface area contributed by atoms with E-state index in [9.17, 15) is 43.2 Å². The first-order valence-corrected chi connectivity index (χ1v) is 36.7. The highest BCUT2D eigenvalue weighted by Crippen LogP contribution is 2.45. The molecule has 0 aliphatic rings. The number of carbonyl (C=O) groups is 4. The minimum absolute atomic E-state index is 0.101. The number of rotatable bonds is 62. The summed E-state index contributed by atoms with van der Waals surface area (Å²) < 4.78 is 68.0. The van der Waals surface area contributed by atoms with Gasteiger partial charge in [0.05, 0.1) is 26.4 Å². The Bertz CT molecular complexity index is 1680. The number of hydrogen-bond acceptors (Lipinski definition) is 15. The largest absolute Gasteiger partial charge is 0.472 e. The minimum Gasteiger partial charge on any atom is -0.462 e. The number of unbranched alkanes of at least 4 members (excludes halogenated alkanes) is 28. The van der Waals surface area contributed by atoms with Gasteiger partial charge in [-0.05, 0) is 49.4 Å². The van der Waals surface area contributed by atoms with E-state index in [0.717, 1.165) is 108 Å². The highest BCUT2D eigenvalue weighted by molar-refractivity contribution is 7.47. The topological polar surface area (TPSA) is 237 Å². The Kier molecular flexibility index (Phi) is 53.9. The van der Waals surface area contributed by atoms with Crippen molar-refractivity contribution in [2.75, 3.05) is 39.6 Å². The molecule has 0 amide bonds. The van der Waals surface area contributed by atoms with Crippen LogP contribution in [0.4, 0.5) is 0 Å². The Balaban J connectivity index is 5.25. The lowest BCUT2D eigenvalue weighted by Gasteiger charge is -2.21. The van der Waals surface area contributed by atoms with E-state index in [1.54, 1.807) is 0 Å². The van der Waals surface area contributed by atoms with Crippen molar-refractivity contribution in [2.24, 2.45) is 23.7 Å². The molecule has 84 heavy (non-hydrogen) atoms. The van der Waals surface area contributed by atoms with Gasteiger partial charge in [0, 0.05) is 25.7 Å². The van der Waals surface area contributed by atoms with E-state index in [1.165, 1.54) is 116 Å². The molecule has 5 atom stereocenters. The Morgan fingerprint density at radius 3 is 0.738 bits per heavy atom. The second-order valence-corrected chi connectivity index (χ2v) is 28.3. The lowest BCUT2D eigenvalue weighted by Crippen LogP contribution is -2.30. The van der Waals surface area contributed by atoms with Gasteiger partial charge in [0.15, 0.2) is 12.2 Å². The van der Waals surface area contributed by atoms with Crippen molar-refractivity contribution in [3.63, 3.8) is 0 Å². The third kappa shape index (κ3) is 59.0. The van der Waals surface area contributed by atoms with E-state index in [0.29, 0.717) is 31.6 Å². The molecule has 498 valence electrons. The fourth-order valence-corrected chi connectivity index (χ4v) is 11.2. The summed E-state index contributed by atoms with van der Waals surface area (Å²) in [5.74, 6) is 0.735. The van der Waals surface area contributed by atoms with E-state index < -0.39 is 97.5 Å². The lowest BCUT2D eigenvalue weighted by molar-refractivity contribution is -0.161. The molecule has 0 radical (unpaired) electrons. The summed E-state index contributed by atoms with van der Waals surface area (Å²) in [5, 5.41) is 10.5. The van der Waals surface area contributed by atoms with Gasteiger partial charge >= 0.3 is 39.5 Å². The maximum absolute atomic E-state index is 13.0. The van der Waals surface area contributed by atoms with Gasteiger partial charge in [0.1, 0.15) is 19.3 Å². The van der Waals surface area contributed by atoms with Crippen molar-refractivity contribution in [3.05, 3.63) is 0 Å². The maximum Gasteiger partial charge on any atom is 0.472 e. The third-order valence-electron chi connectivity index (χ3n) is 14.8. The van der Waals surface area contributed by atoms with E-state index in [2.05, 4.69) is 55.4 Å². The smallest absolute Gasteiger partial charge is 0.462 e. The van der Waals surface area contributed by atoms with Crippen LogP contribution >= 0.6 is 15.6 Å². The lowest BCUT2D eigenvalue weighted by atomic mass is 10.0. The molecular weight excluding hydrogens is 1110 g/mol. The van der Waals surface area contributed by atoms with Gasteiger partial charge in [-0.3, -0.25) is 37.3 Å². The summed E-state index contributed by atoms with van der Waals surface area (Å²) in [5.41, 5.74) is 0. The number of phosphoric ester groups is 2. The number of aliphatic hydroxyl groups is 1. The van der Waals surface area contributed by atoms with Crippen LogP contribution in [0, 0.1) is 23.7 Å². The summed E-state index contributed by atoms with van der Waals surface area (Å²) in [4.78, 5) is 72.2. The molecule has 0 fully saturated rings. The van der Waals surface area contributed by atoms with Crippen molar-refractivity contribution >= 4 is 39.5 Å². The summed E-state index contributed by atoms with van der Waals surface area (Å²) in [6, 6.07) is 0. The predicted molar refractivity (Wildman–Crippen MR) is 335 cm³/mol. The average Bonchev–Trinajstić information content (AvgIpc) is 3.61. The molecule has 0 aliphatic carbocycles. The van der Waals surface area contributed by atoms with Crippen LogP contribution in [-0.2, 0) is 65.4 Å². The number of phosphoric acid groups is 2. The van der Waals surface area contributed by atoms with Crippen LogP contribution in [0.15, 0.2) is 0 Å². The molecule has 0 spiro atoms. The molecule has 0 saturated carbocycles. The summed E-state index contributed by atoms with van der Waals surface area (Å²) in [7, 11) is -9.89. The molecule has 0 saturated heterocycles. The van der Waals surface area contributed by atoms with Crippen LogP contribution in [0.3, 0.4) is 0 Å². The normalized spacial score (nSPS) is 14.4. The molecule has 3 unspecified atom stereocenters. The van der Waals surface area contributed by atoms with Crippen molar-refractivity contribution in [2.45, 2.75) is 331 Å². The first kappa shape index (κ1) is 82.1. The molecule has 19 heteroatoms. The second-order valence-electron chi connectivity index (χ2n) is 25.4. The zero-order valence-electron chi connectivity index (χ0n) is 54.5. The van der Waals surface area contributed by atoms with Crippen molar-refractivity contribution in [3.8, 4) is 0 Å². The van der Waals surface area contributed by atoms with E-state index in [1.807, 2.05) is 0 Å². The SMILES string of the molecule is CC(C)CCCCCCCCCCCC(=O)OC[C@H](COP(=O)(O)OCC(O)COP(=O)(O)OC[C@@H](COC(=O)CCCCCCCCCCC(C)C)OC(=O)CCCCCCCCC(C)C)OC(=O)CCCCCCCCCCCC(C)C.